The fraction of sp³-hybridized carbons (Fsp3) is 0.371. The van der Waals surface area contributed by atoms with Gasteiger partial charge in [-0.2, -0.15) is 0 Å². The van der Waals surface area contributed by atoms with Gasteiger partial charge in [0.05, 0.1) is 18.1 Å². The van der Waals surface area contributed by atoms with E-state index in [0.29, 0.717) is 6.42 Å². The van der Waals surface area contributed by atoms with Gasteiger partial charge in [-0.25, -0.2) is 4.98 Å². The van der Waals surface area contributed by atoms with Crippen LogP contribution in [0.3, 0.4) is 0 Å². The Morgan fingerprint density at radius 3 is 1.85 bits per heavy atom. The molecule has 1 aliphatic heterocycles. The van der Waals surface area contributed by atoms with Crippen LogP contribution in [-0.2, 0) is 16.8 Å². The first-order valence-corrected chi connectivity index (χ1v) is 14.8. The van der Waals surface area contributed by atoms with Crippen molar-refractivity contribution >= 4 is 18.3 Å². The summed E-state index contributed by atoms with van der Waals surface area (Å²) in [5, 5.41) is 0. The van der Waals surface area contributed by atoms with Gasteiger partial charge in [0, 0.05) is 18.8 Å². The number of amides is 1. The van der Waals surface area contributed by atoms with Crippen molar-refractivity contribution in [2.45, 2.75) is 64.0 Å². The smallest absolute Gasteiger partial charge is 0.239 e. The third kappa shape index (κ3) is 6.27. The molecule has 1 unspecified atom stereocenters. The predicted octanol–water partition coefficient (Wildman–Crippen LogP) is 6.75. The highest BCUT2D eigenvalue weighted by atomic mass is 35.5. The van der Waals surface area contributed by atoms with E-state index in [9.17, 15) is 4.79 Å². The Hall–Kier alpha value is -3.41. The maximum atomic E-state index is 13.0. The summed E-state index contributed by atoms with van der Waals surface area (Å²) >= 11 is 0. The molecule has 3 aromatic carbocycles. The SMILES string of the molecule is CCC1CCN(C(=O)C(N)CCCc2ncn(C(c3ccccc3)(c3ccccc3)c3ccccc3)c2C)CC1.Cl. The van der Waals surface area contributed by atoms with E-state index < -0.39 is 11.6 Å². The summed E-state index contributed by atoms with van der Waals surface area (Å²) in [6.45, 7) is 6.08. The van der Waals surface area contributed by atoms with Crippen LogP contribution in [0, 0.1) is 12.8 Å². The van der Waals surface area contributed by atoms with Crippen molar-refractivity contribution in [2.75, 3.05) is 13.1 Å². The van der Waals surface area contributed by atoms with Gasteiger partial charge in [0.2, 0.25) is 5.91 Å². The van der Waals surface area contributed by atoms with Gasteiger partial charge in [0.1, 0.15) is 5.54 Å². The second kappa shape index (κ2) is 14.0. The van der Waals surface area contributed by atoms with Crippen LogP contribution in [0.4, 0.5) is 0 Å². The number of carbonyl (C=O) groups excluding carboxylic acids is 1. The van der Waals surface area contributed by atoms with Gasteiger partial charge >= 0.3 is 0 Å². The van der Waals surface area contributed by atoms with E-state index >= 15 is 0 Å². The molecule has 0 saturated carbocycles. The number of hydrogen-bond donors (Lipinski definition) is 1. The molecular weight excluding hydrogens is 528 g/mol. The van der Waals surface area contributed by atoms with E-state index in [-0.39, 0.29) is 18.3 Å². The number of halogens is 1. The summed E-state index contributed by atoms with van der Waals surface area (Å²) in [7, 11) is 0. The van der Waals surface area contributed by atoms with Crippen LogP contribution in [0.25, 0.3) is 0 Å². The van der Waals surface area contributed by atoms with Crippen LogP contribution in [0.5, 0.6) is 0 Å². The molecule has 1 atom stereocenters. The zero-order valence-electron chi connectivity index (χ0n) is 24.3. The summed E-state index contributed by atoms with van der Waals surface area (Å²) in [5.74, 6) is 0.848. The van der Waals surface area contributed by atoms with Crippen LogP contribution in [0.15, 0.2) is 97.3 Å². The number of likely N-dealkylation sites (tertiary alicyclic amines) is 1. The largest absolute Gasteiger partial charge is 0.341 e. The lowest BCUT2D eigenvalue weighted by Gasteiger charge is -2.38. The van der Waals surface area contributed by atoms with E-state index in [1.54, 1.807) is 0 Å². The topological polar surface area (TPSA) is 64.2 Å². The summed E-state index contributed by atoms with van der Waals surface area (Å²) in [5.41, 5.74) is 11.5. The number of nitrogens with two attached hydrogens (primary N) is 1. The van der Waals surface area contributed by atoms with E-state index in [1.165, 1.54) is 23.1 Å². The standard InChI is InChI=1S/C35H42N4O.ClH/c1-3-28-22-24-38(25-23-28)34(40)32(36)20-13-21-33-27(2)39(26-37-33)35(29-14-7-4-8-15-29,30-16-9-5-10-17-30)31-18-11-6-12-19-31;/h4-12,14-19,26,28,32H,3,13,20-25,36H2,1-2H3;1H. The lowest BCUT2D eigenvalue weighted by molar-refractivity contribution is -0.134. The van der Waals surface area contributed by atoms with Crippen LogP contribution in [0.1, 0.15) is 67.1 Å². The first kappa shape index (κ1) is 30.5. The number of piperidine rings is 1. The Morgan fingerprint density at radius 2 is 1.39 bits per heavy atom. The van der Waals surface area contributed by atoms with Crippen molar-refractivity contribution in [1.82, 2.24) is 14.5 Å². The Bertz CT molecular complexity index is 1270. The van der Waals surface area contributed by atoms with Crippen molar-refractivity contribution in [3.63, 3.8) is 0 Å². The van der Waals surface area contributed by atoms with Gasteiger partial charge in [-0.3, -0.25) is 4.79 Å². The number of rotatable bonds is 10. The average molecular weight is 571 g/mol. The molecule has 2 N–H and O–H groups in total. The van der Waals surface area contributed by atoms with Crippen molar-refractivity contribution in [3.8, 4) is 0 Å². The lowest BCUT2D eigenvalue weighted by Crippen LogP contribution is -2.47. The van der Waals surface area contributed by atoms with Gasteiger partial charge in [-0.15, -0.1) is 12.4 Å². The van der Waals surface area contributed by atoms with Gasteiger partial charge < -0.3 is 15.2 Å². The van der Waals surface area contributed by atoms with Crippen molar-refractivity contribution in [1.29, 1.82) is 0 Å². The minimum absolute atomic E-state index is 0. The van der Waals surface area contributed by atoms with Crippen molar-refractivity contribution in [2.24, 2.45) is 11.7 Å². The molecule has 0 aliphatic carbocycles. The first-order valence-electron chi connectivity index (χ1n) is 14.8. The number of nitrogens with zero attached hydrogens (tertiary/aromatic N) is 3. The summed E-state index contributed by atoms with van der Waals surface area (Å²) in [6.07, 6.45) is 7.65. The zero-order valence-corrected chi connectivity index (χ0v) is 25.1. The molecule has 41 heavy (non-hydrogen) atoms. The molecule has 0 spiro atoms. The second-order valence-corrected chi connectivity index (χ2v) is 11.1. The average Bonchev–Trinajstić information content (AvgIpc) is 3.38. The van der Waals surface area contributed by atoms with E-state index in [0.717, 1.165) is 56.1 Å². The normalized spacial score (nSPS) is 14.9. The number of imidazole rings is 1. The van der Waals surface area contributed by atoms with E-state index in [4.69, 9.17) is 10.7 Å². The van der Waals surface area contributed by atoms with Gasteiger partial charge in [-0.1, -0.05) is 104 Å². The molecule has 0 bridgehead atoms. The fourth-order valence-electron chi connectivity index (χ4n) is 6.39. The summed E-state index contributed by atoms with van der Waals surface area (Å²) in [4.78, 5) is 19.9. The first-order chi connectivity index (χ1) is 19.6. The zero-order chi connectivity index (χ0) is 28.0. The maximum Gasteiger partial charge on any atom is 0.239 e. The Labute approximate surface area is 251 Å². The Kier molecular flexibility index (Phi) is 10.4. The Morgan fingerprint density at radius 1 is 0.902 bits per heavy atom. The minimum Gasteiger partial charge on any atom is -0.341 e. The third-order valence-corrected chi connectivity index (χ3v) is 8.79. The van der Waals surface area contributed by atoms with Crippen molar-refractivity contribution < 1.29 is 4.79 Å². The molecule has 6 heteroatoms. The van der Waals surface area contributed by atoms with Crippen molar-refractivity contribution in [3.05, 3.63) is 125 Å². The molecule has 1 aliphatic rings. The minimum atomic E-state index is -0.573. The van der Waals surface area contributed by atoms with Crippen LogP contribution in [-0.4, -0.2) is 39.5 Å². The number of aromatic nitrogens is 2. The fourth-order valence-corrected chi connectivity index (χ4v) is 6.39. The van der Waals surface area contributed by atoms with E-state index in [2.05, 4.69) is 109 Å². The lowest BCUT2D eigenvalue weighted by atomic mass is 9.76. The molecule has 4 aromatic rings. The Balaban J connectivity index is 0.00000387. The molecule has 5 nitrogen and oxygen atoms in total. The van der Waals surface area contributed by atoms with Gasteiger partial charge in [0.25, 0.3) is 0 Å². The predicted molar refractivity (Wildman–Crippen MR) is 169 cm³/mol. The molecule has 1 fully saturated rings. The third-order valence-electron chi connectivity index (χ3n) is 8.79. The van der Waals surface area contributed by atoms with Crippen LogP contribution in [0.2, 0.25) is 0 Å². The second-order valence-electron chi connectivity index (χ2n) is 11.1. The number of hydrogen-bond acceptors (Lipinski definition) is 3. The molecule has 216 valence electrons. The highest BCUT2D eigenvalue weighted by Gasteiger charge is 2.39. The summed E-state index contributed by atoms with van der Waals surface area (Å²) in [6, 6.07) is 31.6. The number of aryl methyl sites for hydroxylation is 1. The highest BCUT2D eigenvalue weighted by molar-refractivity contribution is 5.85. The molecule has 1 amide bonds. The molecule has 2 heterocycles. The van der Waals surface area contributed by atoms with Gasteiger partial charge in [-0.05, 0) is 61.6 Å². The quantitative estimate of drug-likeness (QED) is 0.214. The maximum absolute atomic E-state index is 13.0. The van der Waals surface area contributed by atoms with Crippen LogP contribution >= 0.6 is 12.4 Å². The highest BCUT2D eigenvalue weighted by Crippen LogP contribution is 2.42. The molecule has 1 saturated heterocycles. The van der Waals surface area contributed by atoms with E-state index in [1.807, 2.05) is 11.2 Å². The van der Waals surface area contributed by atoms with Gasteiger partial charge in [0.15, 0.2) is 0 Å². The molecular formula is C35H43ClN4O. The monoisotopic (exact) mass is 570 g/mol. The van der Waals surface area contributed by atoms with Crippen LogP contribution < -0.4 is 5.73 Å². The molecule has 0 radical (unpaired) electrons. The molecule has 1 aromatic heterocycles. The number of carbonyl (C=O) groups is 1. The summed E-state index contributed by atoms with van der Waals surface area (Å²) < 4.78 is 2.32. The molecule has 5 rings (SSSR count). The number of benzene rings is 3.